The van der Waals surface area contributed by atoms with Crippen molar-refractivity contribution >= 4 is 17.2 Å². The van der Waals surface area contributed by atoms with Gasteiger partial charge in [0.15, 0.2) is 6.61 Å². The maximum Gasteiger partial charge on any atom is 0.258 e. The number of benzene rings is 2. The highest BCUT2D eigenvalue weighted by atomic mass is 32.1. The number of amides is 1. The van der Waals surface area contributed by atoms with E-state index in [0.717, 1.165) is 38.9 Å². The number of hydrogen-bond donors (Lipinski definition) is 1. The zero-order chi connectivity index (χ0) is 19.2. The van der Waals surface area contributed by atoms with Gasteiger partial charge in [-0.3, -0.25) is 4.79 Å². The summed E-state index contributed by atoms with van der Waals surface area (Å²) in [6, 6.07) is 13.6. The van der Waals surface area contributed by atoms with Crippen LogP contribution >= 0.6 is 11.3 Å². The molecule has 0 unspecified atom stereocenters. The van der Waals surface area contributed by atoms with E-state index in [-0.39, 0.29) is 12.5 Å². The van der Waals surface area contributed by atoms with Gasteiger partial charge in [0.25, 0.3) is 5.91 Å². The molecule has 140 valence electrons. The number of thiazole rings is 1. The molecule has 0 saturated heterocycles. The van der Waals surface area contributed by atoms with E-state index in [2.05, 4.69) is 10.3 Å². The van der Waals surface area contributed by atoms with Crippen molar-refractivity contribution in [3.8, 4) is 22.1 Å². The highest BCUT2D eigenvalue weighted by Gasteiger charge is 2.09. The highest BCUT2D eigenvalue weighted by Crippen LogP contribution is 2.25. The Kier molecular flexibility index (Phi) is 6.08. The lowest BCUT2D eigenvalue weighted by Crippen LogP contribution is -2.28. The quantitative estimate of drug-likeness (QED) is 0.667. The Morgan fingerprint density at radius 2 is 1.93 bits per heavy atom. The largest absolute Gasteiger partial charge is 0.497 e. The normalized spacial score (nSPS) is 10.5. The second kappa shape index (κ2) is 8.68. The molecule has 1 aromatic heterocycles. The number of nitrogens with zero attached hydrogens (tertiary/aromatic N) is 1. The standard InChI is InChI=1S/C21H22N2O3S/c1-14-5-4-6-19(15(14)2)26-12-20(24)22-11-17-13-27-21(23-17)16-7-9-18(25-3)10-8-16/h4-10,13H,11-12H2,1-3H3,(H,22,24). The fourth-order valence-electron chi connectivity index (χ4n) is 2.52. The number of carbonyl (C=O) groups excluding carboxylic acids is 1. The Hall–Kier alpha value is -2.86. The smallest absolute Gasteiger partial charge is 0.258 e. The van der Waals surface area contributed by atoms with Crippen LogP contribution in [0.2, 0.25) is 0 Å². The number of carbonyl (C=O) groups is 1. The van der Waals surface area contributed by atoms with E-state index in [1.807, 2.05) is 61.7 Å². The first-order chi connectivity index (χ1) is 13.1. The Balaban J connectivity index is 1.52. The molecule has 27 heavy (non-hydrogen) atoms. The molecule has 0 atom stereocenters. The average molecular weight is 382 g/mol. The Bertz CT molecular complexity index is 919. The van der Waals surface area contributed by atoms with Crippen LogP contribution in [-0.4, -0.2) is 24.6 Å². The van der Waals surface area contributed by atoms with Crippen molar-refractivity contribution in [3.63, 3.8) is 0 Å². The second-order valence-electron chi connectivity index (χ2n) is 6.14. The van der Waals surface area contributed by atoms with Crippen molar-refractivity contribution in [2.24, 2.45) is 0 Å². The topological polar surface area (TPSA) is 60.5 Å². The maximum atomic E-state index is 12.1. The molecule has 0 aliphatic rings. The van der Waals surface area contributed by atoms with Gasteiger partial charge in [0.2, 0.25) is 0 Å². The van der Waals surface area contributed by atoms with E-state index >= 15 is 0 Å². The van der Waals surface area contributed by atoms with E-state index in [1.165, 1.54) is 0 Å². The van der Waals surface area contributed by atoms with Crippen LogP contribution in [0.25, 0.3) is 10.6 Å². The molecule has 6 heteroatoms. The van der Waals surface area contributed by atoms with Crippen LogP contribution in [0, 0.1) is 13.8 Å². The summed E-state index contributed by atoms with van der Waals surface area (Å²) in [5, 5.41) is 5.71. The van der Waals surface area contributed by atoms with Crippen LogP contribution in [0.15, 0.2) is 47.8 Å². The van der Waals surface area contributed by atoms with Gasteiger partial charge in [0.1, 0.15) is 16.5 Å². The highest BCUT2D eigenvalue weighted by molar-refractivity contribution is 7.13. The molecule has 0 aliphatic heterocycles. The molecule has 0 bridgehead atoms. The summed E-state index contributed by atoms with van der Waals surface area (Å²) in [5.41, 5.74) is 4.04. The van der Waals surface area contributed by atoms with E-state index in [1.54, 1.807) is 18.4 Å². The fraction of sp³-hybridized carbons (Fsp3) is 0.238. The molecule has 3 aromatic rings. The van der Waals surface area contributed by atoms with Gasteiger partial charge in [0, 0.05) is 10.9 Å². The summed E-state index contributed by atoms with van der Waals surface area (Å²) in [7, 11) is 1.64. The number of aryl methyl sites for hydroxylation is 1. The number of methoxy groups -OCH3 is 1. The first-order valence-electron chi connectivity index (χ1n) is 8.61. The molecule has 0 spiro atoms. The van der Waals surface area contributed by atoms with Gasteiger partial charge in [-0.15, -0.1) is 11.3 Å². The monoisotopic (exact) mass is 382 g/mol. The van der Waals surface area contributed by atoms with E-state index in [4.69, 9.17) is 9.47 Å². The number of aromatic nitrogens is 1. The summed E-state index contributed by atoms with van der Waals surface area (Å²) >= 11 is 1.55. The summed E-state index contributed by atoms with van der Waals surface area (Å²) in [4.78, 5) is 16.6. The van der Waals surface area contributed by atoms with Crippen LogP contribution < -0.4 is 14.8 Å². The molecule has 1 N–H and O–H groups in total. The van der Waals surface area contributed by atoms with Crippen molar-refractivity contribution < 1.29 is 14.3 Å². The molecule has 5 nitrogen and oxygen atoms in total. The molecular formula is C21H22N2O3S. The lowest BCUT2D eigenvalue weighted by Gasteiger charge is -2.10. The van der Waals surface area contributed by atoms with Crippen molar-refractivity contribution in [2.75, 3.05) is 13.7 Å². The van der Waals surface area contributed by atoms with Crippen molar-refractivity contribution in [2.45, 2.75) is 20.4 Å². The lowest BCUT2D eigenvalue weighted by molar-refractivity contribution is -0.123. The van der Waals surface area contributed by atoms with Crippen LogP contribution in [-0.2, 0) is 11.3 Å². The first kappa shape index (κ1) is 18.9. The fourth-order valence-corrected chi connectivity index (χ4v) is 3.34. The Morgan fingerprint density at radius 3 is 2.67 bits per heavy atom. The van der Waals surface area contributed by atoms with E-state index in [0.29, 0.717) is 6.54 Å². The minimum absolute atomic E-state index is 0.0141. The third-order valence-corrected chi connectivity index (χ3v) is 5.21. The predicted octanol–water partition coefficient (Wildman–Crippen LogP) is 4.13. The van der Waals surface area contributed by atoms with E-state index < -0.39 is 0 Å². The minimum atomic E-state index is -0.171. The molecule has 1 amide bonds. The lowest BCUT2D eigenvalue weighted by atomic mass is 10.1. The summed E-state index contributed by atoms with van der Waals surface area (Å²) < 4.78 is 10.8. The van der Waals surface area contributed by atoms with Gasteiger partial charge in [-0.25, -0.2) is 4.98 Å². The summed E-state index contributed by atoms with van der Waals surface area (Å²) in [5.74, 6) is 1.38. The molecule has 0 saturated carbocycles. The second-order valence-corrected chi connectivity index (χ2v) is 6.99. The van der Waals surface area contributed by atoms with Gasteiger partial charge >= 0.3 is 0 Å². The molecular weight excluding hydrogens is 360 g/mol. The molecule has 0 fully saturated rings. The average Bonchev–Trinajstić information content (AvgIpc) is 3.16. The van der Waals surface area contributed by atoms with Gasteiger partial charge in [-0.1, -0.05) is 12.1 Å². The maximum absolute atomic E-state index is 12.1. The number of nitrogens with one attached hydrogen (secondary N) is 1. The van der Waals surface area contributed by atoms with Gasteiger partial charge < -0.3 is 14.8 Å². The van der Waals surface area contributed by atoms with Crippen molar-refractivity contribution in [1.82, 2.24) is 10.3 Å². The molecule has 3 rings (SSSR count). The van der Waals surface area contributed by atoms with Crippen molar-refractivity contribution in [3.05, 3.63) is 64.7 Å². The van der Waals surface area contributed by atoms with E-state index in [9.17, 15) is 4.79 Å². The van der Waals surface area contributed by atoms with Gasteiger partial charge in [-0.05, 0) is 55.3 Å². The van der Waals surface area contributed by atoms with Crippen molar-refractivity contribution in [1.29, 1.82) is 0 Å². The zero-order valence-electron chi connectivity index (χ0n) is 15.6. The third-order valence-electron chi connectivity index (χ3n) is 4.27. The Morgan fingerprint density at radius 1 is 1.15 bits per heavy atom. The van der Waals surface area contributed by atoms with Crippen LogP contribution in [0.4, 0.5) is 0 Å². The molecule has 2 aromatic carbocycles. The van der Waals surface area contributed by atoms with Gasteiger partial charge in [0.05, 0.1) is 19.3 Å². The summed E-state index contributed by atoms with van der Waals surface area (Å²) in [6.07, 6.45) is 0. The number of hydrogen-bond acceptors (Lipinski definition) is 5. The SMILES string of the molecule is COc1ccc(-c2nc(CNC(=O)COc3cccc(C)c3C)cs2)cc1. The van der Waals surface area contributed by atoms with Crippen LogP contribution in [0.3, 0.4) is 0 Å². The predicted molar refractivity (Wildman–Crippen MR) is 107 cm³/mol. The minimum Gasteiger partial charge on any atom is -0.497 e. The van der Waals surface area contributed by atoms with Crippen LogP contribution in [0.1, 0.15) is 16.8 Å². The first-order valence-corrected chi connectivity index (χ1v) is 9.49. The van der Waals surface area contributed by atoms with Crippen LogP contribution in [0.5, 0.6) is 11.5 Å². The summed E-state index contributed by atoms with van der Waals surface area (Å²) in [6.45, 7) is 4.37. The molecule has 0 aliphatic carbocycles. The molecule has 0 radical (unpaired) electrons. The molecule has 1 heterocycles. The number of rotatable bonds is 7. The number of ether oxygens (including phenoxy) is 2. The zero-order valence-corrected chi connectivity index (χ0v) is 16.4. The Labute approximate surface area is 163 Å². The third kappa shape index (κ3) is 4.86. The van der Waals surface area contributed by atoms with Gasteiger partial charge in [-0.2, -0.15) is 0 Å².